The summed E-state index contributed by atoms with van der Waals surface area (Å²) in [7, 11) is -3.58. The van der Waals surface area contributed by atoms with Crippen molar-refractivity contribution in [2.45, 2.75) is 6.54 Å². The van der Waals surface area contributed by atoms with Gasteiger partial charge in [-0.1, -0.05) is 41.9 Å². The van der Waals surface area contributed by atoms with Crippen LogP contribution in [-0.2, 0) is 21.4 Å². The van der Waals surface area contributed by atoms with E-state index in [1.807, 2.05) is 18.2 Å². The van der Waals surface area contributed by atoms with Gasteiger partial charge >= 0.3 is 0 Å². The summed E-state index contributed by atoms with van der Waals surface area (Å²) in [6.07, 6.45) is 1.11. The fraction of sp³-hybridized carbons (Fsp3) is 0.350. The van der Waals surface area contributed by atoms with Gasteiger partial charge in [-0.2, -0.15) is 0 Å². The molecule has 0 bridgehead atoms. The van der Waals surface area contributed by atoms with Gasteiger partial charge in [-0.05, 0) is 24.3 Å². The lowest BCUT2D eigenvalue weighted by Gasteiger charge is -2.33. The van der Waals surface area contributed by atoms with Gasteiger partial charge in [-0.15, -0.1) is 0 Å². The van der Waals surface area contributed by atoms with Crippen LogP contribution >= 0.6 is 11.6 Å². The van der Waals surface area contributed by atoms with Crippen LogP contribution in [0.25, 0.3) is 0 Å². The Morgan fingerprint density at radius 2 is 1.68 bits per heavy atom. The van der Waals surface area contributed by atoms with Gasteiger partial charge in [-0.25, -0.2) is 8.42 Å². The molecule has 0 aromatic heterocycles. The number of piperazine rings is 1. The summed E-state index contributed by atoms with van der Waals surface area (Å²) in [6, 6.07) is 16.7. The fourth-order valence-corrected chi connectivity index (χ4v) is 4.34. The molecule has 2 aromatic rings. The molecule has 8 heteroatoms. The lowest BCUT2D eigenvalue weighted by molar-refractivity contribution is -0.917. The van der Waals surface area contributed by atoms with Gasteiger partial charge in [0.2, 0.25) is 15.9 Å². The lowest BCUT2D eigenvalue weighted by atomic mass is 10.2. The van der Waals surface area contributed by atoms with E-state index in [1.165, 1.54) is 10.5 Å². The highest BCUT2D eigenvalue weighted by atomic mass is 35.5. The number of rotatable bonds is 6. The highest BCUT2D eigenvalue weighted by Crippen LogP contribution is 2.20. The number of nitrogens with zero attached hydrogens (tertiary/aromatic N) is 2. The van der Waals surface area contributed by atoms with Crippen LogP contribution in [-0.4, -0.2) is 58.2 Å². The summed E-state index contributed by atoms with van der Waals surface area (Å²) >= 11 is 5.88. The second kappa shape index (κ2) is 8.94. The molecule has 0 saturated carbocycles. The highest BCUT2D eigenvalue weighted by molar-refractivity contribution is 7.92. The third kappa shape index (κ3) is 5.47. The van der Waals surface area contributed by atoms with Crippen LogP contribution in [0.3, 0.4) is 0 Å². The Morgan fingerprint density at radius 1 is 1.07 bits per heavy atom. The third-order valence-electron chi connectivity index (χ3n) is 4.91. The number of halogens is 1. The van der Waals surface area contributed by atoms with Gasteiger partial charge in [0.25, 0.3) is 0 Å². The first-order valence-corrected chi connectivity index (χ1v) is 11.4. The number of benzene rings is 2. The molecule has 1 aliphatic heterocycles. The van der Waals surface area contributed by atoms with E-state index in [9.17, 15) is 13.2 Å². The molecular weight excluding hydrogens is 398 g/mol. The minimum atomic E-state index is -3.58. The van der Waals surface area contributed by atoms with Crippen LogP contribution in [0.2, 0.25) is 5.02 Å². The maximum Gasteiger partial charge on any atom is 0.243 e. The number of anilines is 1. The Bertz CT molecular complexity index is 896. The summed E-state index contributed by atoms with van der Waals surface area (Å²) in [6.45, 7) is 3.68. The van der Waals surface area contributed by atoms with E-state index in [0.29, 0.717) is 23.8 Å². The summed E-state index contributed by atoms with van der Waals surface area (Å²) in [5, 5.41) is 0.515. The number of quaternary nitrogens is 1. The average Bonchev–Trinajstić information content (AvgIpc) is 2.67. The smallest absolute Gasteiger partial charge is 0.243 e. The molecule has 1 fully saturated rings. The predicted molar refractivity (Wildman–Crippen MR) is 111 cm³/mol. The van der Waals surface area contributed by atoms with Crippen molar-refractivity contribution in [3.8, 4) is 0 Å². The number of hydrogen-bond acceptors (Lipinski definition) is 3. The molecule has 1 heterocycles. The molecule has 28 heavy (non-hydrogen) atoms. The van der Waals surface area contributed by atoms with Crippen molar-refractivity contribution in [1.82, 2.24) is 4.90 Å². The second-order valence-corrected chi connectivity index (χ2v) is 9.38. The maximum atomic E-state index is 12.7. The molecule has 1 saturated heterocycles. The highest BCUT2D eigenvalue weighted by Gasteiger charge is 2.28. The van der Waals surface area contributed by atoms with E-state index in [1.54, 1.807) is 29.2 Å². The number of carbonyl (C=O) groups is 1. The molecule has 0 aliphatic carbocycles. The standard InChI is InChI=1S/C20H24ClN3O3S/c1-28(26,27)24(19-9-7-18(21)8-10-19)16-20(25)23-13-11-22(12-14-23)15-17-5-3-2-4-6-17/h2-10H,11-16H2,1H3/p+1. The Labute approximate surface area is 171 Å². The summed E-state index contributed by atoms with van der Waals surface area (Å²) in [5.74, 6) is -0.181. The molecule has 2 aromatic carbocycles. The summed E-state index contributed by atoms with van der Waals surface area (Å²) < 4.78 is 25.6. The first-order chi connectivity index (χ1) is 13.3. The molecule has 0 atom stereocenters. The molecule has 0 spiro atoms. The van der Waals surface area contributed by atoms with Crippen molar-refractivity contribution in [2.75, 3.05) is 43.3 Å². The molecule has 150 valence electrons. The summed E-state index contributed by atoms with van der Waals surface area (Å²) in [5.41, 5.74) is 1.72. The zero-order valence-corrected chi connectivity index (χ0v) is 17.4. The molecule has 6 nitrogen and oxygen atoms in total. The minimum absolute atomic E-state index is 0.181. The minimum Gasteiger partial charge on any atom is -0.330 e. The van der Waals surface area contributed by atoms with Crippen LogP contribution < -0.4 is 9.21 Å². The van der Waals surface area contributed by atoms with Crippen molar-refractivity contribution < 1.29 is 18.1 Å². The van der Waals surface area contributed by atoms with E-state index in [2.05, 4.69) is 12.1 Å². The first-order valence-electron chi connectivity index (χ1n) is 9.21. The normalized spacial score (nSPS) is 15.4. The van der Waals surface area contributed by atoms with E-state index >= 15 is 0 Å². The number of nitrogens with one attached hydrogen (secondary N) is 1. The van der Waals surface area contributed by atoms with Crippen molar-refractivity contribution in [3.63, 3.8) is 0 Å². The Hall–Kier alpha value is -2.09. The molecule has 0 unspecified atom stereocenters. The first kappa shape index (κ1) is 20.6. The maximum absolute atomic E-state index is 12.7. The second-order valence-electron chi connectivity index (χ2n) is 7.04. The van der Waals surface area contributed by atoms with Gasteiger partial charge < -0.3 is 9.80 Å². The van der Waals surface area contributed by atoms with Gasteiger partial charge in [-0.3, -0.25) is 9.10 Å². The van der Waals surface area contributed by atoms with E-state index in [-0.39, 0.29) is 12.5 Å². The van der Waals surface area contributed by atoms with Crippen molar-refractivity contribution in [2.24, 2.45) is 0 Å². The molecular formula is C20H25ClN3O3S+. The zero-order chi connectivity index (χ0) is 20.1. The molecule has 1 aliphatic rings. The van der Waals surface area contributed by atoms with E-state index in [4.69, 9.17) is 11.6 Å². The van der Waals surface area contributed by atoms with Crippen LogP contribution in [0.4, 0.5) is 5.69 Å². The van der Waals surface area contributed by atoms with Gasteiger partial charge in [0.05, 0.1) is 38.1 Å². The topological polar surface area (TPSA) is 62.1 Å². The molecule has 1 amide bonds. The SMILES string of the molecule is CS(=O)(=O)N(CC(=O)N1CC[NH+](Cc2ccccc2)CC1)c1ccc(Cl)cc1. The quantitative estimate of drug-likeness (QED) is 0.756. The number of amides is 1. The van der Waals surface area contributed by atoms with Crippen molar-refractivity contribution in [3.05, 3.63) is 65.2 Å². The zero-order valence-electron chi connectivity index (χ0n) is 15.8. The lowest BCUT2D eigenvalue weighted by Crippen LogP contribution is -3.13. The number of sulfonamides is 1. The predicted octanol–water partition coefficient (Wildman–Crippen LogP) is 1.03. The van der Waals surface area contributed by atoms with Gasteiger partial charge in [0.15, 0.2) is 0 Å². The average molecular weight is 423 g/mol. The van der Waals surface area contributed by atoms with Crippen LogP contribution in [0.5, 0.6) is 0 Å². The monoisotopic (exact) mass is 422 g/mol. The number of hydrogen-bond donors (Lipinski definition) is 1. The largest absolute Gasteiger partial charge is 0.330 e. The van der Waals surface area contributed by atoms with Crippen molar-refractivity contribution >= 4 is 33.2 Å². The van der Waals surface area contributed by atoms with Crippen molar-refractivity contribution in [1.29, 1.82) is 0 Å². The molecule has 1 N–H and O–H groups in total. The van der Waals surface area contributed by atoms with Gasteiger partial charge in [0.1, 0.15) is 13.1 Å². The molecule has 3 rings (SSSR count). The van der Waals surface area contributed by atoms with Crippen LogP contribution in [0, 0.1) is 0 Å². The Kier molecular flexibility index (Phi) is 6.59. The van der Waals surface area contributed by atoms with Crippen LogP contribution in [0.1, 0.15) is 5.56 Å². The fourth-order valence-electron chi connectivity index (χ4n) is 3.36. The van der Waals surface area contributed by atoms with Gasteiger partial charge in [0, 0.05) is 10.6 Å². The van der Waals surface area contributed by atoms with E-state index in [0.717, 1.165) is 30.2 Å². The molecule has 0 radical (unpaired) electrons. The Morgan fingerprint density at radius 3 is 2.25 bits per heavy atom. The summed E-state index contributed by atoms with van der Waals surface area (Å²) in [4.78, 5) is 15.9. The van der Waals surface area contributed by atoms with E-state index < -0.39 is 10.0 Å². The number of carbonyl (C=O) groups excluding carboxylic acids is 1. The van der Waals surface area contributed by atoms with Crippen LogP contribution in [0.15, 0.2) is 54.6 Å². The Balaban J connectivity index is 1.60. The third-order valence-corrected chi connectivity index (χ3v) is 6.31.